The molecule has 2 rings (SSSR count). The molecule has 26 heavy (non-hydrogen) atoms. The van der Waals surface area contributed by atoms with Crippen molar-refractivity contribution in [1.82, 2.24) is 5.32 Å². The van der Waals surface area contributed by atoms with Gasteiger partial charge >= 0.3 is 12.1 Å². The minimum atomic E-state index is -4.48. The van der Waals surface area contributed by atoms with Gasteiger partial charge in [0.1, 0.15) is 5.76 Å². The number of esters is 1. The number of nitrogens with one attached hydrogen (secondary N) is 1. The van der Waals surface area contributed by atoms with Crippen molar-refractivity contribution in [2.24, 2.45) is 5.92 Å². The molecule has 1 aromatic carbocycles. The first-order chi connectivity index (χ1) is 12.2. The molecule has 0 bridgehead atoms. The molecule has 0 fully saturated rings. The summed E-state index contributed by atoms with van der Waals surface area (Å²) in [5, 5.41) is 2.59. The number of amides is 1. The summed E-state index contributed by atoms with van der Waals surface area (Å²) in [4.78, 5) is 23.4. The molecule has 8 heteroatoms. The van der Waals surface area contributed by atoms with Gasteiger partial charge in [0, 0.05) is 12.1 Å². The second-order valence-corrected chi connectivity index (χ2v) is 6.02. The predicted octanol–water partition coefficient (Wildman–Crippen LogP) is 3.89. The molecule has 0 spiro atoms. The number of carbonyl (C=O) groups is 2. The maximum Gasteiger partial charge on any atom is 0.416 e. The average Bonchev–Trinajstić information content (AvgIpc) is 3.07. The number of hydrogen-bond acceptors (Lipinski definition) is 4. The van der Waals surface area contributed by atoms with Crippen LogP contribution < -0.4 is 5.32 Å². The van der Waals surface area contributed by atoms with E-state index in [0.717, 1.165) is 12.1 Å². The number of rotatable bonds is 6. The molecule has 1 amide bonds. The molecule has 5 nitrogen and oxygen atoms in total. The largest absolute Gasteiger partial charge is 0.450 e. The predicted molar refractivity (Wildman–Crippen MR) is 87.3 cm³/mol. The van der Waals surface area contributed by atoms with Crippen LogP contribution in [0.1, 0.15) is 30.0 Å². The molecule has 0 saturated heterocycles. The van der Waals surface area contributed by atoms with Crippen LogP contribution in [0.15, 0.2) is 40.8 Å². The van der Waals surface area contributed by atoms with Crippen molar-refractivity contribution in [3.8, 4) is 11.3 Å². The Labute approximate surface area is 148 Å². The lowest BCUT2D eigenvalue weighted by atomic mass is 10.1. The summed E-state index contributed by atoms with van der Waals surface area (Å²) in [5.41, 5.74) is -0.647. The second-order valence-electron chi connectivity index (χ2n) is 6.02. The maximum atomic E-state index is 12.8. The van der Waals surface area contributed by atoms with Crippen molar-refractivity contribution in [1.29, 1.82) is 0 Å². The van der Waals surface area contributed by atoms with Gasteiger partial charge in [0.25, 0.3) is 5.91 Å². The fourth-order valence-electron chi connectivity index (χ4n) is 2.02. The molecule has 0 aliphatic carbocycles. The van der Waals surface area contributed by atoms with Gasteiger partial charge < -0.3 is 14.5 Å². The lowest BCUT2D eigenvalue weighted by Crippen LogP contribution is -2.31. The van der Waals surface area contributed by atoms with Gasteiger partial charge in [-0.2, -0.15) is 13.2 Å². The minimum Gasteiger partial charge on any atom is -0.450 e. The molecule has 0 saturated carbocycles. The quantitative estimate of drug-likeness (QED) is 0.785. The van der Waals surface area contributed by atoms with E-state index in [-0.39, 0.29) is 23.0 Å². The molecule has 0 atom stereocenters. The third-order valence-electron chi connectivity index (χ3n) is 3.32. The van der Waals surface area contributed by atoms with Crippen LogP contribution in [0.25, 0.3) is 11.3 Å². The lowest BCUT2D eigenvalue weighted by molar-refractivity contribution is -0.137. The van der Waals surface area contributed by atoms with Crippen molar-refractivity contribution >= 4 is 11.9 Å². The zero-order chi connectivity index (χ0) is 19.3. The van der Waals surface area contributed by atoms with Gasteiger partial charge in [0.2, 0.25) is 5.76 Å². The molecular formula is C18H18F3NO4. The Morgan fingerprint density at radius 2 is 1.92 bits per heavy atom. The third-order valence-corrected chi connectivity index (χ3v) is 3.32. The van der Waals surface area contributed by atoms with Gasteiger partial charge in [0.15, 0.2) is 6.61 Å². The van der Waals surface area contributed by atoms with E-state index in [0.29, 0.717) is 6.54 Å². The summed E-state index contributed by atoms with van der Waals surface area (Å²) in [7, 11) is 0. The number of ether oxygens (including phenoxy) is 1. The van der Waals surface area contributed by atoms with E-state index < -0.39 is 30.2 Å². The summed E-state index contributed by atoms with van der Waals surface area (Å²) in [6, 6.07) is 7.19. The SMILES string of the molecule is CC(C)CNC(=O)COC(=O)c1ccc(-c2cccc(C(F)(F)F)c2)o1. The molecule has 1 N–H and O–H groups in total. The molecule has 1 aromatic heterocycles. The van der Waals surface area contributed by atoms with Crippen LogP contribution in [-0.4, -0.2) is 25.0 Å². The van der Waals surface area contributed by atoms with Gasteiger partial charge in [-0.1, -0.05) is 26.0 Å². The van der Waals surface area contributed by atoms with Gasteiger partial charge in [-0.05, 0) is 30.2 Å². The second kappa shape index (κ2) is 8.07. The molecule has 1 heterocycles. The van der Waals surface area contributed by atoms with Crippen molar-refractivity contribution in [3.63, 3.8) is 0 Å². The van der Waals surface area contributed by atoms with E-state index in [2.05, 4.69) is 5.32 Å². The van der Waals surface area contributed by atoms with E-state index in [1.807, 2.05) is 13.8 Å². The van der Waals surface area contributed by atoms with Crippen molar-refractivity contribution in [2.75, 3.05) is 13.2 Å². The normalized spacial score (nSPS) is 11.5. The fraction of sp³-hybridized carbons (Fsp3) is 0.333. The Bertz CT molecular complexity index is 781. The highest BCUT2D eigenvalue weighted by molar-refractivity contribution is 5.89. The van der Waals surface area contributed by atoms with Gasteiger partial charge in [-0.3, -0.25) is 4.79 Å². The lowest BCUT2D eigenvalue weighted by Gasteiger charge is -2.08. The smallest absolute Gasteiger partial charge is 0.416 e. The fourth-order valence-corrected chi connectivity index (χ4v) is 2.02. The number of halogens is 3. The van der Waals surface area contributed by atoms with Crippen molar-refractivity contribution in [2.45, 2.75) is 20.0 Å². The van der Waals surface area contributed by atoms with E-state index in [1.54, 1.807) is 0 Å². The number of furan rings is 1. The molecule has 140 valence electrons. The van der Waals surface area contributed by atoms with Crippen LogP contribution >= 0.6 is 0 Å². The number of benzene rings is 1. The highest BCUT2D eigenvalue weighted by Gasteiger charge is 2.30. The summed E-state index contributed by atoms with van der Waals surface area (Å²) >= 11 is 0. The Hall–Kier alpha value is -2.77. The van der Waals surface area contributed by atoms with Gasteiger partial charge in [-0.25, -0.2) is 4.79 Å². The molecular weight excluding hydrogens is 351 g/mol. The topological polar surface area (TPSA) is 68.5 Å². The van der Waals surface area contributed by atoms with Gasteiger partial charge in [-0.15, -0.1) is 0 Å². The van der Waals surface area contributed by atoms with Crippen LogP contribution in [0.4, 0.5) is 13.2 Å². The molecule has 0 aliphatic heterocycles. The summed E-state index contributed by atoms with van der Waals surface area (Å²) < 4.78 is 48.4. The Kier molecular flexibility index (Phi) is 6.07. The summed E-state index contributed by atoms with van der Waals surface area (Å²) in [5.74, 6) is -1.17. The first kappa shape index (κ1) is 19.6. The van der Waals surface area contributed by atoms with Gasteiger partial charge in [0.05, 0.1) is 5.56 Å². The highest BCUT2D eigenvalue weighted by Crippen LogP contribution is 2.32. The van der Waals surface area contributed by atoms with Crippen LogP contribution in [0.2, 0.25) is 0 Å². The highest BCUT2D eigenvalue weighted by atomic mass is 19.4. The molecule has 2 aromatic rings. The van der Waals surface area contributed by atoms with E-state index >= 15 is 0 Å². The van der Waals surface area contributed by atoms with E-state index in [9.17, 15) is 22.8 Å². The maximum absolute atomic E-state index is 12.8. The monoisotopic (exact) mass is 369 g/mol. The number of hydrogen-bond donors (Lipinski definition) is 1. The van der Waals surface area contributed by atoms with Crippen LogP contribution in [0.5, 0.6) is 0 Å². The zero-order valence-corrected chi connectivity index (χ0v) is 14.2. The van der Waals surface area contributed by atoms with Crippen molar-refractivity contribution in [3.05, 3.63) is 47.7 Å². The van der Waals surface area contributed by atoms with Crippen LogP contribution in [-0.2, 0) is 15.7 Å². The molecule has 0 radical (unpaired) electrons. The first-order valence-electron chi connectivity index (χ1n) is 7.88. The zero-order valence-electron chi connectivity index (χ0n) is 14.2. The Morgan fingerprint density at radius 1 is 1.19 bits per heavy atom. The third kappa shape index (κ3) is 5.37. The number of alkyl halides is 3. The summed E-state index contributed by atoms with van der Waals surface area (Å²) in [6.07, 6.45) is -4.48. The number of carbonyl (C=O) groups excluding carboxylic acids is 2. The Balaban J connectivity index is 2.01. The standard InChI is InChI=1S/C18H18F3NO4/c1-11(2)9-22-16(23)10-25-17(24)15-7-6-14(26-15)12-4-3-5-13(8-12)18(19,20)21/h3-8,11H,9-10H2,1-2H3,(H,22,23). The van der Waals surface area contributed by atoms with Crippen LogP contribution in [0.3, 0.4) is 0 Å². The van der Waals surface area contributed by atoms with E-state index in [4.69, 9.17) is 9.15 Å². The minimum absolute atomic E-state index is 0.0901. The first-order valence-corrected chi connectivity index (χ1v) is 7.88. The molecule has 0 aliphatic rings. The molecule has 0 unspecified atom stereocenters. The van der Waals surface area contributed by atoms with Crippen molar-refractivity contribution < 1.29 is 31.9 Å². The average molecular weight is 369 g/mol. The Morgan fingerprint density at radius 3 is 2.58 bits per heavy atom. The van der Waals surface area contributed by atoms with Crippen LogP contribution in [0, 0.1) is 5.92 Å². The summed E-state index contributed by atoms with van der Waals surface area (Å²) in [6.45, 7) is 3.83. The van der Waals surface area contributed by atoms with E-state index in [1.165, 1.54) is 24.3 Å².